The molecule has 400 valence electrons. The monoisotopic (exact) mass is 1080 g/mol. The topological polar surface area (TPSA) is 358 Å². The lowest BCUT2D eigenvalue weighted by molar-refractivity contribution is -0.141. The predicted octanol–water partition coefficient (Wildman–Crippen LogP) is 0.880. The van der Waals surface area contributed by atoms with Crippen LogP contribution in [0.2, 0.25) is 0 Å². The van der Waals surface area contributed by atoms with Crippen molar-refractivity contribution in [3.8, 4) is 5.75 Å². The number of benzene rings is 3. The number of carboxylic acids is 2. The summed E-state index contributed by atoms with van der Waals surface area (Å²) in [4.78, 5) is 121. The van der Waals surface area contributed by atoms with Gasteiger partial charge in [-0.25, -0.2) is 0 Å². The molecule has 0 aliphatic heterocycles. The van der Waals surface area contributed by atoms with E-state index in [0.29, 0.717) is 29.1 Å². The fourth-order valence-electron chi connectivity index (χ4n) is 7.31. The average Bonchev–Trinajstić information content (AvgIpc) is 3.76. The van der Waals surface area contributed by atoms with Gasteiger partial charge in [-0.2, -0.15) is 31.9 Å². The van der Waals surface area contributed by atoms with Crippen LogP contribution in [0.15, 0.2) is 85.1 Å². The zero-order valence-corrected chi connectivity index (χ0v) is 42.9. The standard InChI is InChI=1S/C48H60N8O15S3/c1-72-22-19-35(54-47(66)37(52-40(57)16-17-42(59)60)24-30-12-14-32(15-13-30)71-74(68,69)70)44(63)51-28-41(58)53-38(25-31-27-50-34-11-7-6-10-33(31)34)48(67)55-36(20-23-73-2)46(65)56-39(26-43(61)62)45(64)49-21-18-29-8-4-3-5-9-29/h3-15,27,35-39,50H,16-26,28H2,1-2H3,(H,49,64)(H,51,63)(H,52,57)(H,53,58)(H,54,66)(H,55,67)(H,56,65)(H,59,60)(H,61,62)(H,68,69,70). The van der Waals surface area contributed by atoms with Gasteiger partial charge >= 0.3 is 22.3 Å². The van der Waals surface area contributed by atoms with E-state index in [0.717, 1.165) is 16.5 Å². The van der Waals surface area contributed by atoms with Gasteiger partial charge in [-0.05, 0) is 78.2 Å². The van der Waals surface area contributed by atoms with E-state index in [1.807, 2.05) is 30.3 Å². The van der Waals surface area contributed by atoms with Crippen LogP contribution in [0.4, 0.5) is 0 Å². The average molecular weight is 1090 g/mol. The second-order valence-corrected chi connectivity index (χ2v) is 19.6. The fraction of sp³-hybridized carbons (Fsp3) is 0.396. The van der Waals surface area contributed by atoms with Crippen LogP contribution in [0, 0.1) is 0 Å². The first kappa shape index (κ1) is 59.4. The Balaban J connectivity index is 1.50. The highest BCUT2D eigenvalue weighted by molar-refractivity contribution is 7.98. The van der Waals surface area contributed by atoms with E-state index >= 15 is 0 Å². The molecule has 0 fully saturated rings. The molecular weight excluding hydrogens is 1020 g/mol. The van der Waals surface area contributed by atoms with Crippen LogP contribution in [0.3, 0.4) is 0 Å². The highest BCUT2D eigenvalue weighted by Gasteiger charge is 2.32. The first-order valence-electron chi connectivity index (χ1n) is 23.1. The summed E-state index contributed by atoms with van der Waals surface area (Å²) in [5.41, 5.74) is 2.62. The summed E-state index contributed by atoms with van der Waals surface area (Å²) in [6.07, 6.45) is 3.56. The molecule has 0 spiro atoms. The molecular formula is C48H60N8O15S3. The summed E-state index contributed by atoms with van der Waals surface area (Å²) in [6, 6.07) is 14.6. The lowest BCUT2D eigenvalue weighted by atomic mass is 10.0. The quantitative estimate of drug-likeness (QED) is 0.0302. The number of nitrogens with one attached hydrogen (secondary N) is 8. The number of aromatic nitrogens is 1. The second-order valence-electron chi connectivity index (χ2n) is 16.6. The van der Waals surface area contributed by atoms with Gasteiger partial charge in [0, 0.05) is 42.9 Å². The predicted molar refractivity (Wildman–Crippen MR) is 275 cm³/mol. The lowest BCUT2D eigenvalue weighted by Crippen LogP contribution is -2.58. The van der Waals surface area contributed by atoms with Crippen LogP contribution in [0.1, 0.15) is 48.8 Å². The smallest absolute Gasteiger partial charge is 0.446 e. The number of aliphatic carboxylic acids is 2. The van der Waals surface area contributed by atoms with Gasteiger partial charge in [0.15, 0.2) is 0 Å². The molecule has 0 bridgehead atoms. The van der Waals surface area contributed by atoms with Crippen molar-refractivity contribution >= 4 is 98.1 Å². The zero-order valence-electron chi connectivity index (χ0n) is 40.4. The van der Waals surface area contributed by atoms with Crippen LogP contribution in [-0.4, -0.2) is 149 Å². The van der Waals surface area contributed by atoms with Gasteiger partial charge in [0.05, 0.1) is 19.4 Å². The van der Waals surface area contributed by atoms with Crippen molar-refractivity contribution in [1.82, 2.24) is 42.2 Å². The molecule has 5 unspecified atom stereocenters. The molecule has 5 atom stereocenters. The van der Waals surface area contributed by atoms with E-state index in [2.05, 4.69) is 46.4 Å². The largest absolute Gasteiger partial charge is 0.481 e. The van der Waals surface area contributed by atoms with Crippen molar-refractivity contribution < 1.29 is 70.5 Å². The Labute approximate surface area is 435 Å². The Morgan fingerprint density at radius 3 is 1.76 bits per heavy atom. The molecule has 11 N–H and O–H groups in total. The number of carbonyl (C=O) groups is 9. The number of para-hydroxylation sites is 1. The van der Waals surface area contributed by atoms with E-state index in [-0.39, 0.29) is 38.0 Å². The summed E-state index contributed by atoms with van der Waals surface area (Å²) < 4.78 is 35.7. The van der Waals surface area contributed by atoms with Gasteiger partial charge in [-0.3, -0.25) is 47.7 Å². The number of fused-ring (bicyclic) bond motifs is 1. The molecule has 26 heteroatoms. The third-order valence-corrected chi connectivity index (χ3v) is 12.7. The summed E-state index contributed by atoms with van der Waals surface area (Å²) in [7, 11) is -4.84. The highest BCUT2D eigenvalue weighted by Crippen LogP contribution is 2.20. The number of H-pyrrole nitrogens is 1. The Bertz CT molecular complexity index is 2690. The Morgan fingerprint density at radius 1 is 0.595 bits per heavy atom. The normalized spacial score (nSPS) is 13.2. The Hall–Kier alpha value is -7.16. The maximum absolute atomic E-state index is 14.3. The zero-order chi connectivity index (χ0) is 54.2. The van der Waals surface area contributed by atoms with Crippen molar-refractivity contribution in [2.75, 3.05) is 37.1 Å². The Kier molecular flexibility index (Phi) is 24.2. The summed E-state index contributed by atoms with van der Waals surface area (Å²) >= 11 is 2.70. The Morgan fingerprint density at radius 2 is 1.15 bits per heavy atom. The molecule has 0 aliphatic rings. The van der Waals surface area contributed by atoms with Crippen LogP contribution in [-0.2, 0) is 72.8 Å². The molecule has 0 radical (unpaired) electrons. The van der Waals surface area contributed by atoms with Gasteiger partial charge in [0.1, 0.15) is 36.0 Å². The molecule has 23 nitrogen and oxygen atoms in total. The molecule has 3 aromatic carbocycles. The van der Waals surface area contributed by atoms with Crippen molar-refractivity contribution in [2.24, 2.45) is 0 Å². The van der Waals surface area contributed by atoms with Crippen molar-refractivity contribution in [3.63, 3.8) is 0 Å². The molecule has 4 aromatic rings. The maximum Gasteiger partial charge on any atom is 0.446 e. The third-order valence-electron chi connectivity index (χ3n) is 11.0. The number of amides is 7. The summed E-state index contributed by atoms with van der Waals surface area (Å²) in [5.74, 6) is -7.94. The molecule has 0 saturated carbocycles. The molecule has 1 heterocycles. The van der Waals surface area contributed by atoms with Crippen molar-refractivity contribution in [2.45, 2.75) is 81.6 Å². The molecule has 0 saturated heterocycles. The first-order valence-corrected chi connectivity index (χ1v) is 27.2. The fourth-order valence-corrected chi connectivity index (χ4v) is 8.61. The van der Waals surface area contributed by atoms with Crippen LogP contribution < -0.4 is 41.4 Å². The van der Waals surface area contributed by atoms with Crippen LogP contribution in [0.25, 0.3) is 10.9 Å². The number of hydrogen-bond donors (Lipinski definition) is 11. The van der Waals surface area contributed by atoms with Gasteiger partial charge < -0.3 is 56.6 Å². The van der Waals surface area contributed by atoms with E-state index in [9.17, 15) is 56.7 Å². The summed E-state index contributed by atoms with van der Waals surface area (Å²) in [5, 5.41) is 37.4. The maximum atomic E-state index is 14.3. The number of rotatable bonds is 32. The lowest BCUT2D eigenvalue weighted by Gasteiger charge is -2.25. The van der Waals surface area contributed by atoms with Gasteiger partial charge in [-0.1, -0.05) is 60.7 Å². The van der Waals surface area contributed by atoms with Crippen LogP contribution >= 0.6 is 23.5 Å². The number of hydrogen-bond acceptors (Lipinski definition) is 14. The highest BCUT2D eigenvalue weighted by atomic mass is 32.3. The molecule has 1 aromatic heterocycles. The molecule has 0 aliphatic carbocycles. The van der Waals surface area contributed by atoms with Crippen LogP contribution in [0.5, 0.6) is 5.75 Å². The molecule has 7 amide bonds. The van der Waals surface area contributed by atoms with E-state index in [1.54, 1.807) is 43.0 Å². The number of thioether (sulfide) groups is 2. The minimum Gasteiger partial charge on any atom is -0.481 e. The number of aromatic amines is 1. The SMILES string of the molecule is CSCCC(NC(=O)C(Cc1ccc(OS(=O)(=O)O)cc1)NC(=O)CCC(=O)O)C(=O)NCC(=O)NC(Cc1c[nH]c2ccccc12)C(=O)NC(CCSC)C(=O)NC(CC(=O)O)C(=O)NCCc1ccccc1. The van der Waals surface area contributed by atoms with Gasteiger partial charge in [0.2, 0.25) is 41.4 Å². The minimum absolute atomic E-state index is 0.0372. The van der Waals surface area contributed by atoms with E-state index in [4.69, 9.17) is 9.66 Å². The van der Waals surface area contributed by atoms with Crippen molar-refractivity contribution in [1.29, 1.82) is 0 Å². The van der Waals surface area contributed by atoms with Gasteiger partial charge in [-0.15, -0.1) is 0 Å². The third kappa shape index (κ3) is 21.1. The molecule has 74 heavy (non-hydrogen) atoms. The van der Waals surface area contributed by atoms with Gasteiger partial charge in [0.25, 0.3) is 0 Å². The van der Waals surface area contributed by atoms with Crippen molar-refractivity contribution in [3.05, 3.63) is 102 Å². The van der Waals surface area contributed by atoms with E-state index < -0.39 is 120 Å². The van der Waals surface area contributed by atoms with E-state index in [1.165, 1.54) is 47.8 Å². The minimum atomic E-state index is -4.84. The number of carboxylic acid groups (broad SMARTS) is 2. The summed E-state index contributed by atoms with van der Waals surface area (Å²) in [6.45, 7) is -0.552. The number of carbonyl (C=O) groups excluding carboxylic acids is 7. The molecule has 4 rings (SSSR count). The first-order chi connectivity index (χ1) is 35.2. The second kappa shape index (κ2) is 30.1.